The molecule has 30 heavy (non-hydrogen) atoms. The van der Waals surface area contributed by atoms with Crippen molar-refractivity contribution in [2.45, 2.75) is 18.5 Å². The van der Waals surface area contributed by atoms with Crippen molar-refractivity contribution in [3.05, 3.63) is 52.2 Å². The zero-order valence-corrected chi connectivity index (χ0v) is 14.8. The summed E-state index contributed by atoms with van der Waals surface area (Å²) < 4.78 is 118. The Hall–Kier alpha value is -2.90. The maximum absolute atomic E-state index is 13.2. The van der Waals surface area contributed by atoms with Crippen LogP contribution in [0.2, 0.25) is 0 Å². The smallest absolute Gasteiger partial charge is 0.298 e. The molecule has 0 aliphatic heterocycles. The van der Waals surface area contributed by atoms with E-state index in [1.807, 2.05) is 0 Å². The molecule has 2 heterocycles. The number of rotatable bonds is 3. The SMILES string of the molecule is O=Cc1cnn(-c2nc(-c3cc(C(F)(F)F)cc(C(F)(F)F)c3)cs2)c1C(F)(F)F. The lowest BCUT2D eigenvalue weighted by Crippen LogP contribution is -2.15. The minimum absolute atomic E-state index is 0.0810. The molecular weight excluding hydrogens is 453 g/mol. The Bertz CT molecular complexity index is 1060. The van der Waals surface area contributed by atoms with Crippen LogP contribution in [0.25, 0.3) is 16.4 Å². The van der Waals surface area contributed by atoms with Crippen molar-refractivity contribution in [3.63, 3.8) is 0 Å². The van der Waals surface area contributed by atoms with Crippen molar-refractivity contribution >= 4 is 17.6 Å². The molecule has 2 aromatic heterocycles. The Kier molecular flexibility index (Phi) is 5.16. The molecule has 0 aliphatic rings. The Morgan fingerprint density at radius 1 is 0.867 bits per heavy atom. The van der Waals surface area contributed by atoms with Crippen LogP contribution in [0, 0.1) is 0 Å². The van der Waals surface area contributed by atoms with Crippen molar-refractivity contribution in [1.82, 2.24) is 14.8 Å². The maximum Gasteiger partial charge on any atom is 0.434 e. The van der Waals surface area contributed by atoms with Gasteiger partial charge >= 0.3 is 18.5 Å². The van der Waals surface area contributed by atoms with Gasteiger partial charge < -0.3 is 0 Å². The Morgan fingerprint density at radius 2 is 1.43 bits per heavy atom. The molecule has 0 saturated heterocycles. The topological polar surface area (TPSA) is 47.8 Å². The summed E-state index contributed by atoms with van der Waals surface area (Å²) in [7, 11) is 0. The summed E-state index contributed by atoms with van der Waals surface area (Å²) in [6.07, 6.45) is -14.7. The third-order valence-corrected chi connectivity index (χ3v) is 4.57. The van der Waals surface area contributed by atoms with Crippen LogP contribution >= 0.6 is 11.3 Å². The normalized spacial score (nSPS) is 13.0. The molecule has 14 heteroatoms. The summed E-state index contributed by atoms with van der Waals surface area (Å²) in [6, 6.07) is 0.722. The number of aromatic nitrogens is 3. The number of carbonyl (C=O) groups is 1. The molecule has 160 valence electrons. The molecule has 0 unspecified atom stereocenters. The van der Waals surface area contributed by atoms with Crippen LogP contribution in [0.4, 0.5) is 39.5 Å². The van der Waals surface area contributed by atoms with E-state index in [2.05, 4.69) is 10.1 Å². The van der Waals surface area contributed by atoms with Crippen molar-refractivity contribution in [1.29, 1.82) is 0 Å². The van der Waals surface area contributed by atoms with E-state index in [4.69, 9.17) is 0 Å². The van der Waals surface area contributed by atoms with Gasteiger partial charge in [0.2, 0.25) is 5.13 Å². The molecule has 4 nitrogen and oxygen atoms in total. The van der Waals surface area contributed by atoms with Gasteiger partial charge in [0, 0.05) is 10.9 Å². The first kappa shape index (κ1) is 21.8. The van der Waals surface area contributed by atoms with Gasteiger partial charge in [0.15, 0.2) is 12.0 Å². The predicted molar refractivity (Wildman–Crippen MR) is 85.1 cm³/mol. The minimum atomic E-state index is -5.10. The lowest BCUT2D eigenvalue weighted by Gasteiger charge is -2.13. The Balaban J connectivity index is 2.14. The van der Waals surface area contributed by atoms with Gasteiger partial charge in [-0.2, -0.15) is 44.6 Å². The molecule has 0 bridgehead atoms. The van der Waals surface area contributed by atoms with Gasteiger partial charge in [0.05, 0.1) is 28.6 Å². The highest BCUT2D eigenvalue weighted by Gasteiger charge is 2.40. The fraction of sp³-hybridized carbons (Fsp3) is 0.188. The van der Waals surface area contributed by atoms with Crippen molar-refractivity contribution in [3.8, 4) is 16.4 Å². The monoisotopic (exact) mass is 459 g/mol. The predicted octanol–water partition coefficient (Wildman–Crippen LogP) is 5.86. The van der Waals surface area contributed by atoms with Gasteiger partial charge in [-0.25, -0.2) is 9.67 Å². The highest BCUT2D eigenvalue weighted by molar-refractivity contribution is 7.12. The fourth-order valence-corrected chi connectivity index (χ4v) is 3.27. The number of benzene rings is 1. The number of alkyl halides is 9. The largest absolute Gasteiger partial charge is 0.434 e. The third kappa shape index (κ3) is 4.17. The molecule has 0 atom stereocenters. The van der Waals surface area contributed by atoms with Crippen LogP contribution in [0.1, 0.15) is 27.2 Å². The van der Waals surface area contributed by atoms with Crippen LogP contribution in [0.3, 0.4) is 0 Å². The summed E-state index contributed by atoms with van der Waals surface area (Å²) in [5, 5.41) is 3.87. The number of carbonyl (C=O) groups excluding carboxylic acids is 1. The molecule has 0 radical (unpaired) electrons. The van der Waals surface area contributed by atoms with E-state index in [9.17, 15) is 44.3 Å². The van der Waals surface area contributed by atoms with Gasteiger partial charge in [-0.15, -0.1) is 11.3 Å². The second kappa shape index (κ2) is 7.11. The van der Waals surface area contributed by atoms with Crippen molar-refractivity contribution in [2.24, 2.45) is 0 Å². The first-order chi connectivity index (χ1) is 13.7. The molecule has 0 N–H and O–H groups in total. The van der Waals surface area contributed by atoms with E-state index in [1.165, 1.54) is 0 Å². The minimum Gasteiger partial charge on any atom is -0.298 e. The molecule has 0 spiro atoms. The van der Waals surface area contributed by atoms with E-state index in [1.54, 1.807) is 0 Å². The zero-order valence-electron chi connectivity index (χ0n) is 14.0. The first-order valence-corrected chi connectivity index (χ1v) is 8.46. The third-order valence-electron chi connectivity index (χ3n) is 3.75. The quantitative estimate of drug-likeness (QED) is 0.364. The number of thiazole rings is 1. The van der Waals surface area contributed by atoms with E-state index in [-0.39, 0.29) is 17.0 Å². The average molecular weight is 459 g/mol. The van der Waals surface area contributed by atoms with Crippen molar-refractivity contribution in [2.75, 3.05) is 0 Å². The van der Waals surface area contributed by atoms with Gasteiger partial charge in [-0.3, -0.25) is 4.79 Å². The molecule has 3 aromatic rings. The lowest BCUT2D eigenvalue weighted by molar-refractivity contribution is -0.144. The maximum atomic E-state index is 13.2. The summed E-state index contributed by atoms with van der Waals surface area (Å²) in [6.45, 7) is 0. The molecule has 0 fully saturated rings. The van der Waals surface area contributed by atoms with Crippen LogP contribution in [-0.2, 0) is 18.5 Å². The summed E-state index contributed by atoms with van der Waals surface area (Å²) in [5.41, 5.74) is -6.50. The molecule has 0 amide bonds. The summed E-state index contributed by atoms with van der Waals surface area (Å²) in [4.78, 5) is 14.5. The number of halogens is 9. The number of nitrogens with zero attached hydrogens (tertiary/aromatic N) is 3. The lowest BCUT2D eigenvalue weighted by atomic mass is 10.0. The van der Waals surface area contributed by atoms with E-state index in [0.717, 1.165) is 5.38 Å². The highest BCUT2D eigenvalue weighted by atomic mass is 32.1. The van der Waals surface area contributed by atoms with E-state index >= 15 is 0 Å². The molecule has 3 rings (SSSR count). The summed E-state index contributed by atoms with van der Waals surface area (Å²) in [5.74, 6) is 0. The number of aldehydes is 1. The van der Waals surface area contributed by atoms with Gasteiger partial charge in [0.1, 0.15) is 0 Å². The van der Waals surface area contributed by atoms with Gasteiger partial charge in [-0.1, -0.05) is 0 Å². The average Bonchev–Trinajstić information content (AvgIpc) is 3.26. The zero-order chi connectivity index (χ0) is 22.5. The van der Waals surface area contributed by atoms with Crippen LogP contribution in [0.5, 0.6) is 0 Å². The second-order valence-electron chi connectivity index (χ2n) is 5.79. The number of hydrogen-bond acceptors (Lipinski definition) is 4. The van der Waals surface area contributed by atoms with Crippen molar-refractivity contribution < 1.29 is 44.3 Å². The fourth-order valence-electron chi connectivity index (χ4n) is 2.47. The molecule has 0 saturated carbocycles. The highest BCUT2D eigenvalue weighted by Crippen LogP contribution is 2.39. The first-order valence-electron chi connectivity index (χ1n) is 7.58. The van der Waals surface area contributed by atoms with Gasteiger partial charge in [-0.05, 0) is 18.2 Å². The van der Waals surface area contributed by atoms with Crippen LogP contribution < -0.4 is 0 Å². The van der Waals surface area contributed by atoms with Crippen LogP contribution in [-0.4, -0.2) is 21.1 Å². The Labute approximate surface area is 164 Å². The summed E-state index contributed by atoms with van der Waals surface area (Å²) >= 11 is 0.489. The Morgan fingerprint density at radius 3 is 1.90 bits per heavy atom. The molecular formula is C16H6F9N3OS. The van der Waals surface area contributed by atoms with E-state index < -0.39 is 57.3 Å². The number of hydrogen-bond donors (Lipinski definition) is 0. The van der Waals surface area contributed by atoms with E-state index in [0.29, 0.717) is 29.7 Å². The second-order valence-corrected chi connectivity index (χ2v) is 6.62. The molecule has 1 aromatic carbocycles. The van der Waals surface area contributed by atoms with Crippen LogP contribution in [0.15, 0.2) is 29.8 Å². The molecule has 0 aliphatic carbocycles. The van der Waals surface area contributed by atoms with Gasteiger partial charge in [0.25, 0.3) is 0 Å². The standard InChI is InChI=1S/C16H6F9N3OS/c17-14(18,19)9-1-7(2-10(3-9)15(20,21)22)11-6-30-13(27-11)28-12(16(23,24)25)8(5-29)4-26-28/h1-6H.